The van der Waals surface area contributed by atoms with Crippen LogP contribution in [0.4, 0.5) is 0 Å². The van der Waals surface area contributed by atoms with Crippen molar-refractivity contribution in [3.63, 3.8) is 0 Å². The summed E-state index contributed by atoms with van der Waals surface area (Å²) in [4.78, 5) is 46.1. The summed E-state index contributed by atoms with van der Waals surface area (Å²) in [7, 11) is 0. The monoisotopic (exact) mass is 439 g/mol. The molecular formula is C23H25N3O4S. The molecule has 0 radical (unpaired) electrons. The summed E-state index contributed by atoms with van der Waals surface area (Å²) < 4.78 is 5.01. The summed E-state index contributed by atoms with van der Waals surface area (Å²) in [6.45, 7) is 4.17. The highest BCUT2D eigenvalue weighted by Crippen LogP contribution is 2.37. The molecule has 1 unspecified atom stereocenters. The van der Waals surface area contributed by atoms with E-state index in [-0.39, 0.29) is 18.1 Å². The number of carbonyl (C=O) groups is 2. The average Bonchev–Trinajstić information content (AvgIpc) is 3.15. The second-order valence-corrected chi connectivity index (χ2v) is 8.81. The van der Waals surface area contributed by atoms with Gasteiger partial charge in [0.05, 0.1) is 10.9 Å². The average molecular weight is 440 g/mol. The Morgan fingerprint density at radius 2 is 2.03 bits per heavy atom. The van der Waals surface area contributed by atoms with Crippen LogP contribution in [0, 0.1) is 5.92 Å². The molecule has 0 fully saturated rings. The smallest absolute Gasteiger partial charge is 0.338 e. The number of nitrogens with one attached hydrogen (secondary N) is 2. The van der Waals surface area contributed by atoms with E-state index in [4.69, 9.17) is 9.72 Å². The number of nitrogens with zero attached hydrogens (tertiary/aromatic N) is 1. The zero-order chi connectivity index (χ0) is 22.0. The molecule has 2 N–H and O–H groups in total. The van der Waals surface area contributed by atoms with Crippen molar-refractivity contribution >= 4 is 33.4 Å². The molecular weight excluding hydrogens is 414 g/mol. The fourth-order valence-corrected chi connectivity index (χ4v) is 5.30. The summed E-state index contributed by atoms with van der Waals surface area (Å²) in [5.41, 5.74) is 2.08. The van der Waals surface area contributed by atoms with Gasteiger partial charge in [0.25, 0.3) is 11.5 Å². The van der Waals surface area contributed by atoms with Crippen molar-refractivity contribution in [2.24, 2.45) is 5.92 Å². The highest BCUT2D eigenvalue weighted by Gasteiger charge is 2.24. The van der Waals surface area contributed by atoms with E-state index in [9.17, 15) is 14.4 Å². The molecule has 0 spiro atoms. The van der Waals surface area contributed by atoms with E-state index in [0.29, 0.717) is 29.4 Å². The van der Waals surface area contributed by atoms with Crippen LogP contribution in [0.25, 0.3) is 21.6 Å². The van der Waals surface area contributed by atoms with Gasteiger partial charge in [-0.25, -0.2) is 9.78 Å². The lowest BCUT2D eigenvalue weighted by atomic mass is 9.86. The van der Waals surface area contributed by atoms with Gasteiger partial charge in [0.1, 0.15) is 10.7 Å². The third-order valence-corrected chi connectivity index (χ3v) is 6.85. The third-order valence-electron chi connectivity index (χ3n) is 5.70. The van der Waals surface area contributed by atoms with Gasteiger partial charge in [0.15, 0.2) is 6.61 Å². The first-order valence-electron chi connectivity index (χ1n) is 10.6. The van der Waals surface area contributed by atoms with Gasteiger partial charge in [-0.15, -0.1) is 11.3 Å². The Morgan fingerprint density at radius 1 is 1.26 bits per heavy atom. The maximum absolute atomic E-state index is 12.8. The number of amides is 1. The van der Waals surface area contributed by atoms with Gasteiger partial charge < -0.3 is 15.0 Å². The van der Waals surface area contributed by atoms with Crippen LogP contribution >= 0.6 is 11.3 Å². The highest BCUT2D eigenvalue weighted by molar-refractivity contribution is 7.18. The van der Waals surface area contributed by atoms with Crippen LogP contribution in [0.3, 0.4) is 0 Å². The van der Waals surface area contributed by atoms with Crippen LogP contribution in [0.15, 0.2) is 29.1 Å². The Morgan fingerprint density at radius 3 is 2.74 bits per heavy atom. The van der Waals surface area contributed by atoms with Crippen LogP contribution in [0.5, 0.6) is 0 Å². The normalized spacial score (nSPS) is 15.5. The van der Waals surface area contributed by atoms with Crippen LogP contribution < -0.4 is 10.9 Å². The number of hydrogen-bond donors (Lipinski definition) is 2. The van der Waals surface area contributed by atoms with Gasteiger partial charge in [-0.3, -0.25) is 9.59 Å². The van der Waals surface area contributed by atoms with Crippen molar-refractivity contribution in [3.8, 4) is 11.4 Å². The van der Waals surface area contributed by atoms with E-state index in [1.54, 1.807) is 42.5 Å². The largest absolute Gasteiger partial charge is 0.452 e. The molecule has 1 atom stereocenters. The number of benzene rings is 1. The Balaban J connectivity index is 1.56. The predicted molar refractivity (Wildman–Crippen MR) is 120 cm³/mol. The van der Waals surface area contributed by atoms with E-state index in [0.717, 1.165) is 41.5 Å². The number of ether oxygens (including phenoxy) is 1. The quantitative estimate of drug-likeness (QED) is 0.573. The topological polar surface area (TPSA) is 101 Å². The van der Waals surface area contributed by atoms with Crippen molar-refractivity contribution in [2.45, 2.75) is 39.5 Å². The van der Waals surface area contributed by atoms with E-state index in [1.807, 2.05) is 0 Å². The molecule has 1 aliphatic carbocycles. The SMILES string of the molecule is CCNC(=O)COC(=O)c1ccc(-c2nc3sc4c(c3c(=O)[nH]2)CCC(CC)C4)cc1. The third kappa shape index (κ3) is 4.39. The fraction of sp³-hybridized carbons (Fsp3) is 0.391. The number of likely N-dealkylation sites (N-methyl/N-ethyl adjacent to an activating group) is 1. The molecule has 8 heteroatoms. The molecule has 3 aromatic rings. The van der Waals surface area contributed by atoms with Crippen molar-refractivity contribution in [2.75, 3.05) is 13.2 Å². The number of fused-ring (bicyclic) bond motifs is 3. The van der Waals surface area contributed by atoms with E-state index >= 15 is 0 Å². The molecule has 2 aromatic heterocycles. The zero-order valence-electron chi connectivity index (χ0n) is 17.6. The van der Waals surface area contributed by atoms with Gasteiger partial charge in [-0.1, -0.05) is 25.5 Å². The first-order chi connectivity index (χ1) is 15.0. The Bertz CT molecular complexity index is 1180. The summed E-state index contributed by atoms with van der Waals surface area (Å²) in [6.07, 6.45) is 4.23. The van der Waals surface area contributed by atoms with Crippen LogP contribution in [-0.2, 0) is 22.4 Å². The second kappa shape index (κ2) is 9.01. The van der Waals surface area contributed by atoms with Gasteiger partial charge in [-0.2, -0.15) is 0 Å². The molecule has 2 heterocycles. The summed E-state index contributed by atoms with van der Waals surface area (Å²) in [5, 5.41) is 3.29. The fourth-order valence-electron chi connectivity index (χ4n) is 3.96. The second-order valence-electron chi connectivity index (χ2n) is 7.72. The zero-order valence-corrected chi connectivity index (χ0v) is 18.4. The molecule has 4 rings (SSSR count). The lowest BCUT2D eigenvalue weighted by Gasteiger charge is -2.20. The minimum absolute atomic E-state index is 0.113. The maximum atomic E-state index is 12.8. The molecule has 162 valence electrons. The van der Waals surface area contributed by atoms with Crippen LogP contribution in [0.2, 0.25) is 0 Å². The molecule has 0 saturated heterocycles. The summed E-state index contributed by atoms with van der Waals surface area (Å²) in [5.74, 6) is 0.238. The summed E-state index contributed by atoms with van der Waals surface area (Å²) >= 11 is 1.62. The number of aryl methyl sites for hydroxylation is 1. The van der Waals surface area contributed by atoms with Crippen molar-refractivity contribution in [1.29, 1.82) is 0 Å². The number of carbonyl (C=O) groups excluding carboxylic acids is 2. The van der Waals surface area contributed by atoms with E-state index in [1.165, 1.54) is 4.88 Å². The van der Waals surface area contributed by atoms with Crippen LogP contribution in [-0.4, -0.2) is 35.0 Å². The van der Waals surface area contributed by atoms with E-state index in [2.05, 4.69) is 17.2 Å². The minimum atomic E-state index is -0.578. The number of H-pyrrole nitrogens is 1. The molecule has 1 aliphatic rings. The molecule has 1 aromatic carbocycles. The lowest BCUT2D eigenvalue weighted by molar-refractivity contribution is -0.124. The van der Waals surface area contributed by atoms with Gasteiger partial charge in [-0.05, 0) is 49.8 Å². The van der Waals surface area contributed by atoms with Gasteiger partial charge >= 0.3 is 5.97 Å². The molecule has 7 nitrogen and oxygen atoms in total. The van der Waals surface area contributed by atoms with E-state index < -0.39 is 5.97 Å². The highest BCUT2D eigenvalue weighted by atomic mass is 32.1. The van der Waals surface area contributed by atoms with Crippen LogP contribution in [0.1, 0.15) is 47.5 Å². The number of thiophene rings is 1. The molecule has 0 aliphatic heterocycles. The number of esters is 1. The van der Waals surface area contributed by atoms with Gasteiger partial charge in [0, 0.05) is 17.0 Å². The standard InChI is InChI=1S/C23H25N3O4S/c1-3-13-5-10-16-17(11-13)31-22-19(16)21(28)25-20(26-22)14-6-8-15(9-7-14)23(29)30-12-18(27)24-4-2/h6-9,13H,3-5,10-12H2,1-2H3,(H,24,27)(H,25,26,28). The predicted octanol–water partition coefficient (Wildman–Crippen LogP) is 3.46. The Kier molecular flexibility index (Phi) is 6.18. The first-order valence-corrected chi connectivity index (χ1v) is 11.4. The number of hydrogen-bond acceptors (Lipinski definition) is 6. The molecule has 31 heavy (non-hydrogen) atoms. The first kappa shape index (κ1) is 21.2. The van der Waals surface area contributed by atoms with Crippen molar-refractivity contribution in [1.82, 2.24) is 15.3 Å². The number of aromatic nitrogens is 2. The molecule has 1 amide bonds. The molecule has 0 saturated carbocycles. The Hall–Kier alpha value is -3.00. The summed E-state index contributed by atoms with van der Waals surface area (Å²) in [6, 6.07) is 6.64. The lowest BCUT2D eigenvalue weighted by Crippen LogP contribution is -2.28. The minimum Gasteiger partial charge on any atom is -0.452 e. The number of rotatable bonds is 6. The molecule has 0 bridgehead atoms. The Labute approximate surface area is 183 Å². The number of aromatic amines is 1. The van der Waals surface area contributed by atoms with Crippen molar-refractivity contribution in [3.05, 3.63) is 50.6 Å². The maximum Gasteiger partial charge on any atom is 0.338 e. The van der Waals surface area contributed by atoms with Gasteiger partial charge in [0.2, 0.25) is 0 Å². The van der Waals surface area contributed by atoms with Crippen molar-refractivity contribution < 1.29 is 14.3 Å².